The molecular weight excluding hydrogens is 349 g/mol. The van der Waals surface area contributed by atoms with Crippen molar-refractivity contribution in [2.24, 2.45) is 0 Å². The van der Waals surface area contributed by atoms with Crippen molar-refractivity contribution in [3.63, 3.8) is 0 Å². The summed E-state index contributed by atoms with van der Waals surface area (Å²) in [7, 11) is 0. The molecule has 0 atom stereocenters. The van der Waals surface area contributed by atoms with Gasteiger partial charge in [-0.05, 0) is 28.1 Å². The molecule has 0 aliphatic heterocycles. The number of thiazole rings is 1. The molecule has 5 nitrogen and oxygen atoms in total. The number of aromatic nitrogens is 1. The monoisotopic (exact) mass is 355 g/mol. The van der Waals surface area contributed by atoms with Gasteiger partial charge < -0.3 is 10.4 Å². The zero-order valence-electron chi connectivity index (χ0n) is 9.85. The molecular formula is C12H7BrFN3O2S. The van der Waals surface area contributed by atoms with Crippen LogP contribution in [0.3, 0.4) is 0 Å². The third-order valence-electron chi connectivity index (χ3n) is 2.40. The Balaban J connectivity index is 2.13. The molecule has 0 saturated carbocycles. The highest BCUT2D eigenvalue weighted by Crippen LogP contribution is 2.27. The number of anilines is 1. The molecule has 0 spiro atoms. The van der Waals surface area contributed by atoms with Crippen LogP contribution in [0.5, 0.6) is 0 Å². The standard InChI is InChI=1S/C12H7BrFN3O2S/c13-10-6(3-15)1-2-7(11(10)14)16-4-9-17-8(5-20-9)12(18)19/h1-2,5,16H,4H2,(H,18,19). The van der Waals surface area contributed by atoms with E-state index in [1.54, 1.807) is 0 Å². The van der Waals surface area contributed by atoms with Crippen molar-refractivity contribution in [2.45, 2.75) is 6.54 Å². The molecule has 0 saturated heterocycles. The SMILES string of the molecule is N#Cc1ccc(NCc2nc(C(=O)O)cs2)c(F)c1Br. The molecule has 2 N–H and O–H groups in total. The van der Waals surface area contributed by atoms with Crippen molar-refractivity contribution in [2.75, 3.05) is 5.32 Å². The number of aromatic carboxylic acids is 1. The molecule has 0 bridgehead atoms. The number of hydrogen-bond donors (Lipinski definition) is 2. The second kappa shape index (κ2) is 5.98. The number of nitrogens with zero attached hydrogens (tertiary/aromatic N) is 2. The Hall–Kier alpha value is -1.98. The lowest BCUT2D eigenvalue weighted by molar-refractivity contribution is 0.0691. The molecule has 2 rings (SSSR count). The molecule has 20 heavy (non-hydrogen) atoms. The molecule has 0 aliphatic carbocycles. The fourth-order valence-corrected chi connectivity index (χ4v) is 2.58. The van der Waals surface area contributed by atoms with Crippen LogP contribution in [0.25, 0.3) is 0 Å². The Labute approximate surface area is 125 Å². The lowest BCUT2D eigenvalue weighted by atomic mass is 10.2. The van der Waals surface area contributed by atoms with Crippen molar-refractivity contribution >= 4 is 38.9 Å². The summed E-state index contributed by atoms with van der Waals surface area (Å²) in [5, 5.41) is 22.3. The third kappa shape index (κ3) is 2.95. The number of hydrogen-bond acceptors (Lipinski definition) is 5. The van der Waals surface area contributed by atoms with Crippen LogP contribution in [0.15, 0.2) is 22.0 Å². The lowest BCUT2D eigenvalue weighted by Gasteiger charge is -2.07. The summed E-state index contributed by atoms with van der Waals surface area (Å²) in [6.07, 6.45) is 0. The highest BCUT2D eigenvalue weighted by atomic mass is 79.9. The predicted molar refractivity (Wildman–Crippen MR) is 75.2 cm³/mol. The van der Waals surface area contributed by atoms with Crippen molar-refractivity contribution in [3.8, 4) is 6.07 Å². The number of carbonyl (C=O) groups is 1. The van der Waals surface area contributed by atoms with Gasteiger partial charge >= 0.3 is 5.97 Å². The van der Waals surface area contributed by atoms with Gasteiger partial charge in [0.05, 0.1) is 22.3 Å². The zero-order valence-corrected chi connectivity index (χ0v) is 12.3. The highest BCUT2D eigenvalue weighted by Gasteiger charge is 2.12. The first-order valence-corrected chi connectivity index (χ1v) is 7.00. The van der Waals surface area contributed by atoms with E-state index in [4.69, 9.17) is 10.4 Å². The van der Waals surface area contributed by atoms with Crippen LogP contribution in [0.4, 0.5) is 10.1 Å². The molecule has 0 amide bonds. The van der Waals surface area contributed by atoms with Gasteiger partial charge in [-0.15, -0.1) is 11.3 Å². The number of benzene rings is 1. The topological polar surface area (TPSA) is 86.0 Å². The Morgan fingerprint density at radius 2 is 2.35 bits per heavy atom. The summed E-state index contributed by atoms with van der Waals surface area (Å²) in [5.41, 5.74) is 0.381. The van der Waals surface area contributed by atoms with E-state index in [0.29, 0.717) is 5.01 Å². The maximum atomic E-state index is 13.9. The summed E-state index contributed by atoms with van der Waals surface area (Å²) in [6.45, 7) is 0.202. The number of carboxylic acid groups (broad SMARTS) is 1. The van der Waals surface area contributed by atoms with Crippen molar-refractivity contribution in [3.05, 3.63) is 44.1 Å². The summed E-state index contributed by atoms with van der Waals surface area (Å²) < 4.78 is 14.0. The molecule has 8 heteroatoms. The highest BCUT2D eigenvalue weighted by molar-refractivity contribution is 9.10. The second-order valence-electron chi connectivity index (χ2n) is 3.69. The summed E-state index contributed by atoms with van der Waals surface area (Å²) >= 11 is 4.19. The Kier molecular flexibility index (Phi) is 4.32. The minimum atomic E-state index is -1.10. The van der Waals surface area contributed by atoms with Crippen LogP contribution in [0.2, 0.25) is 0 Å². The molecule has 0 unspecified atom stereocenters. The fraction of sp³-hybridized carbons (Fsp3) is 0.0833. The molecule has 0 radical (unpaired) electrons. The van der Waals surface area contributed by atoms with Crippen molar-refractivity contribution < 1.29 is 14.3 Å². The van der Waals surface area contributed by atoms with Gasteiger partial charge in [0, 0.05) is 5.38 Å². The largest absolute Gasteiger partial charge is 0.476 e. The van der Waals surface area contributed by atoms with Gasteiger partial charge in [0.25, 0.3) is 0 Å². The fourth-order valence-electron chi connectivity index (χ4n) is 1.43. The van der Waals surface area contributed by atoms with E-state index in [0.717, 1.165) is 0 Å². The molecule has 0 fully saturated rings. The van der Waals surface area contributed by atoms with Gasteiger partial charge in [0.1, 0.15) is 11.1 Å². The minimum Gasteiger partial charge on any atom is -0.476 e. The molecule has 1 aromatic carbocycles. The van der Waals surface area contributed by atoms with E-state index in [1.165, 1.54) is 28.8 Å². The first-order valence-electron chi connectivity index (χ1n) is 5.32. The number of nitriles is 1. The second-order valence-corrected chi connectivity index (χ2v) is 5.42. The Bertz CT molecular complexity index is 711. The Morgan fingerprint density at radius 1 is 1.60 bits per heavy atom. The van der Waals surface area contributed by atoms with E-state index in [1.807, 2.05) is 6.07 Å². The van der Waals surface area contributed by atoms with E-state index < -0.39 is 11.8 Å². The van der Waals surface area contributed by atoms with Gasteiger partial charge in [0.15, 0.2) is 11.5 Å². The molecule has 102 valence electrons. The summed E-state index contributed by atoms with van der Waals surface area (Å²) in [5.74, 6) is -1.67. The number of halogens is 2. The van der Waals surface area contributed by atoms with Gasteiger partial charge in [-0.1, -0.05) is 0 Å². The molecule has 2 aromatic rings. The van der Waals surface area contributed by atoms with Crippen LogP contribution >= 0.6 is 27.3 Å². The van der Waals surface area contributed by atoms with E-state index in [2.05, 4.69) is 26.2 Å². The normalized spacial score (nSPS) is 10.1. The van der Waals surface area contributed by atoms with Crippen molar-refractivity contribution in [1.82, 2.24) is 4.98 Å². The van der Waals surface area contributed by atoms with Gasteiger partial charge in [0.2, 0.25) is 0 Å². The van der Waals surface area contributed by atoms with E-state index >= 15 is 0 Å². The number of nitrogens with one attached hydrogen (secondary N) is 1. The van der Waals surface area contributed by atoms with E-state index in [9.17, 15) is 9.18 Å². The van der Waals surface area contributed by atoms with Crippen LogP contribution in [-0.2, 0) is 6.54 Å². The van der Waals surface area contributed by atoms with Crippen LogP contribution in [0, 0.1) is 17.1 Å². The maximum absolute atomic E-state index is 13.9. The average Bonchev–Trinajstić information content (AvgIpc) is 2.89. The van der Waals surface area contributed by atoms with Crippen LogP contribution < -0.4 is 5.32 Å². The Morgan fingerprint density at radius 3 is 2.95 bits per heavy atom. The van der Waals surface area contributed by atoms with Crippen molar-refractivity contribution in [1.29, 1.82) is 5.26 Å². The number of carboxylic acids is 1. The number of rotatable bonds is 4. The van der Waals surface area contributed by atoms with E-state index in [-0.39, 0.29) is 28.0 Å². The first-order chi connectivity index (χ1) is 9.52. The molecule has 0 aliphatic rings. The molecule has 1 aromatic heterocycles. The smallest absolute Gasteiger partial charge is 0.355 e. The quantitative estimate of drug-likeness (QED) is 0.879. The van der Waals surface area contributed by atoms with Crippen LogP contribution in [-0.4, -0.2) is 16.1 Å². The van der Waals surface area contributed by atoms with Gasteiger partial charge in [-0.2, -0.15) is 5.26 Å². The maximum Gasteiger partial charge on any atom is 0.355 e. The van der Waals surface area contributed by atoms with Gasteiger partial charge in [-0.25, -0.2) is 14.2 Å². The van der Waals surface area contributed by atoms with Gasteiger partial charge in [-0.3, -0.25) is 0 Å². The summed E-state index contributed by atoms with van der Waals surface area (Å²) in [4.78, 5) is 14.6. The molecule has 1 heterocycles. The minimum absolute atomic E-state index is 0.0340. The lowest BCUT2D eigenvalue weighted by Crippen LogP contribution is -2.03. The summed E-state index contributed by atoms with van der Waals surface area (Å²) in [6, 6.07) is 4.80. The van der Waals surface area contributed by atoms with Crippen LogP contribution in [0.1, 0.15) is 21.1 Å². The first kappa shape index (κ1) is 14.4. The average molecular weight is 356 g/mol. The zero-order chi connectivity index (χ0) is 14.7. The predicted octanol–water partition coefficient (Wildman–Crippen LogP) is 3.23. The third-order valence-corrected chi connectivity index (χ3v) is 4.03.